The molecular weight excluding hydrogens is 390 g/mol. The predicted molar refractivity (Wildman–Crippen MR) is 121 cm³/mol. The first-order valence-corrected chi connectivity index (χ1v) is 11.2. The van der Waals surface area contributed by atoms with Gasteiger partial charge in [0.05, 0.1) is 6.04 Å². The largest absolute Gasteiger partial charge is 0.454 e. The van der Waals surface area contributed by atoms with Gasteiger partial charge in [-0.3, -0.25) is 9.69 Å². The van der Waals surface area contributed by atoms with Crippen LogP contribution in [0.3, 0.4) is 0 Å². The first-order chi connectivity index (χ1) is 15.0. The number of ether oxygens (including phenoxy) is 2. The van der Waals surface area contributed by atoms with Crippen molar-refractivity contribution >= 4 is 5.91 Å². The van der Waals surface area contributed by atoms with Gasteiger partial charge in [-0.2, -0.15) is 0 Å². The lowest BCUT2D eigenvalue weighted by Crippen LogP contribution is -2.46. The summed E-state index contributed by atoms with van der Waals surface area (Å²) in [6, 6.07) is 15.1. The average molecular weight is 424 g/mol. The Hall–Kier alpha value is -2.57. The molecule has 2 aromatic rings. The van der Waals surface area contributed by atoms with Gasteiger partial charge in [-0.05, 0) is 56.9 Å². The molecule has 2 aliphatic heterocycles. The highest BCUT2D eigenvalue weighted by Crippen LogP contribution is 2.32. The molecule has 0 unspecified atom stereocenters. The number of likely N-dealkylation sites (tertiary alicyclic amines) is 1. The molecule has 31 heavy (non-hydrogen) atoms. The van der Waals surface area contributed by atoms with E-state index in [1.807, 2.05) is 18.2 Å². The third-order valence-electron chi connectivity index (χ3n) is 6.13. The number of aryl methyl sites for hydroxylation is 1. The van der Waals surface area contributed by atoms with E-state index < -0.39 is 0 Å². The van der Waals surface area contributed by atoms with Crippen molar-refractivity contribution in [1.82, 2.24) is 15.5 Å². The smallest absolute Gasteiger partial charge is 0.237 e. The molecule has 0 aromatic heterocycles. The Bertz CT molecular complexity index is 915. The summed E-state index contributed by atoms with van der Waals surface area (Å²) in [5, 5.41) is 6.80. The molecule has 2 heterocycles. The van der Waals surface area contributed by atoms with Crippen LogP contribution in [-0.4, -0.2) is 48.8 Å². The molecule has 2 aliphatic rings. The molecule has 4 rings (SSSR count). The molecule has 0 bridgehead atoms. The Morgan fingerprint density at radius 3 is 2.77 bits per heavy atom. The highest BCUT2D eigenvalue weighted by atomic mass is 16.7. The summed E-state index contributed by atoms with van der Waals surface area (Å²) in [4.78, 5) is 15.3. The van der Waals surface area contributed by atoms with Gasteiger partial charge in [0.15, 0.2) is 11.5 Å². The minimum Gasteiger partial charge on any atom is -0.454 e. The molecule has 1 fully saturated rings. The molecule has 0 aliphatic carbocycles. The maximum atomic E-state index is 13.0. The number of carbonyl (C=O) groups excluding carboxylic acids is 1. The van der Waals surface area contributed by atoms with E-state index in [2.05, 4.69) is 60.6 Å². The van der Waals surface area contributed by atoms with E-state index in [0.717, 1.165) is 43.0 Å². The fourth-order valence-corrected chi connectivity index (χ4v) is 4.47. The Labute approximate surface area is 184 Å². The van der Waals surface area contributed by atoms with Crippen molar-refractivity contribution in [3.05, 3.63) is 59.2 Å². The topological polar surface area (TPSA) is 62.8 Å². The number of nitrogens with zero attached hydrogens (tertiary/aromatic N) is 1. The van der Waals surface area contributed by atoms with Gasteiger partial charge in [0.2, 0.25) is 12.7 Å². The highest BCUT2D eigenvalue weighted by molar-refractivity contribution is 5.82. The molecule has 1 amide bonds. The number of benzene rings is 2. The van der Waals surface area contributed by atoms with Crippen LogP contribution in [0.5, 0.6) is 11.5 Å². The van der Waals surface area contributed by atoms with Crippen molar-refractivity contribution in [1.29, 1.82) is 0 Å². The van der Waals surface area contributed by atoms with Crippen LogP contribution < -0.4 is 20.1 Å². The number of nitrogens with one attached hydrogen (secondary N) is 2. The van der Waals surface area contributed by atoms with E-state index in [1.54, 1.807) is 0 Å². The van der Waals surface area contributed by atoms with Crippen molar-refractivity contribution in [3.63, 3.8) is 0 Å². The number of rotatable bonds is 8. The molecule has 2 atom stereocenters. The van der Waals surface area contributed by atoms with Gasteiger partial charge in [-0.1, -0.05) is 35.9 Å². The lowest BCUT2D eigenvalue weighted by Gasteiger charge is -2.27. The second-order valence-corrected chi connectivity index (χ2v) is 8.84. The zero-order chi connectivity index (χ0) is 21.8. The lowest BCUT2D eigenvalue weighted by atomic mass is 10.1. The number of hydrogen-bond donors (Lipinski definition) is 2. The van der Waals surface area contributed by atoms with Gasteiger partial charge in [-0.25, -0.2) is 0 Å². The van der Waals surface area contributed by atoms with Crippen LogP contribution in [-0.2, 0) is 17.8 Å². The maximum Gasteiger partial charge on any atom is 0.237 e. The Kier molecular flexibility index (Phi) is 6.78. The van der Waals surface area contributed by atoms with Crippen LogP contribution in [0, 0.1) is 6.92 Å². The molecule has 0 radical (unpaired) electrons. The molecule has 166 valence electrons. The molecular formula is C25H33N3O3. The quantitative estimate of drug-likeness (QED) is 0.683. The van der Waals surface area contributed by atoms with Crippen LogP contribution >= 0.6 is 0 Å². The van der Waals surface area contributed by atoms with Crippen molar-refractivity contribution in [2.75, 3.05) is 19.9 Å². The number of fused-ring (bicyclic) bond motifs is 1. The number of carbonyl (C=O) groups is 1. The summed E-state index contributed by atoms with van der Waals surface area (Å²) in [6.07, 6.45) is 1.60. The van der Waals surface area contributed by atoms with Crippen molar-refractivity contribution < 1.29 is 14.3 Å². The molecule has 2 aromatic carbocycles. The zero-order valence-electron chi connectivity index (χ0n) is 18.7. The van der Waals surface area contributed by atoms with Gasteiger partial charge >= 0.3 is 0 Å². The van der Waals surface area contributed by atoms with Crippen molar-refractivity contribution in [2.24, 2.45) is 0 Å². The minimum atomic E-state index is -0.0910. The maximum absolute atomic E-state index is 13.0. The summed E-state index contributed by atoms with van der Waals surface area (Å²) in [6.45, 7) is 9.05. The third kappa shape index (κ3) is 5.38. The van der Waals surface area contributed by atoms with E-state index in [4.69, 9.17) is 9.47 Å². The van der Waals surface area contributed by atoms with Gasteiger partial charge in [0.25, 0.3) is 0 Å². The van der Waals surface area contributed by atoms with Crippen LogP contribution in [0.2, 0.25) is 0 Å². The third-order valence-corrected chi connectivity index (χ3v) is 6.13. The molecule has 2 N–H and O–H groups in total. The standard InChI is InChI=1S/C25H33N3O3/c1-17(2)28-15-21(27-14-20-6-4-5-18(3)11-20)13-22(28)25(29)26-10-9-19-7-8-23-24(12-19)31-16-30-23/h4-8,11-12,17,21-22,27H,9-10,13-16H2,1-3H3,(H,26,29)/t21-,22+/m1/s1. The molecule has 0 spiro atoms. The van der Waals surface area contributed by atoms with Crippen LogP contribution in [0.25, 0.3) is 0 Å². The van der Waals surface area contributed by atoms with E-state index in [1.165, 1.54) is 11.1 Å². The summed E-state index contributed by atoms with van der Waals surface area (Å²) >= 11 is 0. The predicted octanol–water partition coefficient (Wildman–Crippen LogP) is 3.02. The minimum absolute atomic E-state index is 0.0910. The van der Waals surface area contributed by atoms with Gasteiger partial charge in [0.1, 0.15) is 0 Å². The first-order valence-electron chi connectivity index (χ1n) is 11.2. The average Bonchev–Trinajstić information content (AvgIpc) is 3.39. The van der Waals surface area contributed by atoms with E-state index in [0.29, 0.717) is 18.6 Å². The summed E-state index contributed by atoms with van der Waals surface area (Å²) in [5.41, 5.74) is 3.69. The SMILES string of the molecule is Cc1cccc(CN[C@@H]2C[C@@H](C(=O)NCCc3ccc4c(c3)OCO4)N(C(C)C)C2)c1. The van der Waals surface area contributed by atoms with Crippen LogP contribution in [0.1, 0.15) is 37.0 Å². The Balaban J connectivity index is 1.28. The van der Waals surface area contributed by atoms with E-state index in [9.17, 15) is 4.79 Å². The van der Waals surface area contributed by atoms with Crippen LogP contribution in [0.15, 0.2) is 42.5 Å². The van der Waals surface area contributed by atoms with E-state index >= 15 is 0 Å². The summed E-state index contributed by atoms with van der Waals surface area (Å²) < 4.78 is 10.8. The normalized spacial score (nSPS) is 20.4. The van der Waals surface area contributed by atoms with Gasteiger partial charge in [-0.15, -0.1) is 0 Å². The fourth-order valence-electron chi connectivity index (χ4n) is 4.47. The fraction of sp³-hybridized carbons (Fsp3) is 0.480. The second-order valence-electron chi connectivity index (χ2n) is 8.84. The molecule has 6 heteroatoms. The summed E-state index contributed by atoms with van der Waals surface area (Å²) in [7, 11) is 0. The molecule has 6 nitrogen and oxygen atoms in total. The summed E-state index contributed by atoms with van der Waals surface area (Å²) in [5.74, 6) is 1.69. The Morgan fingerprint density at radius 2 is 1.97 bits per heavy atom. The van der Waals surface area contributed by atoms with Crippen LogP contribution in [0.4, 0.5) is 0 Å². The van der Waals surface area contributed by atoms with E-state index in [-0.39, 0.29) is 18.7 Å². The first kappa shape index (κ1) is 21.7. The zero-order valence-corrected chi connectivity index (χ0v) is 18.7. The second kappa shape index (κ2) is 9.71. The van der Waals surface area contributed by atoms with Crippen molar-refractivity contribution in [3.8, 4) is 11.5 Å². The Morgan fingerprint density at radius 1 is 1.13 bits per heavy atom. The highest BCUT2D eigenvalue weighted by Gasteiger charge is 2.37. The number of hydrogen-bond acceptors (Lipinski definition) is 5. The monoisotopic (exact) mass is 423 g/mol. The molecule has 1 saturated heterocycles. The van der Waals surface area contributed by atoms with Crippen molar-refractivity contribution in [2.45, 2.75) is 58.3 Å². The lowest BCUT2D eigenvalue weighted by molar-refractivity contribution is -0.126. The molecule has 0 saturated carbocycles. The van der Waals surface area contributed by atoms with Gasteiger partial charge < -0.3 is 20.1 Å². The van der Waals surface area contributed by atoms with Gasteiger partial charge in [0, 0.05) is 31.7 Å². The number of amides is 1.